The Morgan fingerprint density at radius 2 is 2.04 bits per heavy atom. The molecule has 1 aromatic heterocycles. The highest BCUT2D eigenvalue weighted by molar-refractivity contribution is 7.07. The zero-order chi connectivity index (χ0) is 16.4. The molecule has 1 saturated heterocycles. The second kappa shape index (κ2) is 6.29. The number of carbonyl (C=O) groups excluding carboxylic acids is 1. The Hall–Kier alpha value is -1.93. The number of hydrogen-bond acceptors (Lipinski definition) is 4. The van der Waals surface area contributed by atoms with E-state index in [2.05, 4.69) is 4.98 Å². The van der Waals surface area contributed by atoms with Crippen molar-refractivity contribution < 1.29 is 22.7 Å². The molecular formula is C15H13F3N2O2S. The van der Waals surface area contributed by atoms with Crippen molar-refractivity contribution in [3.05, 3.63) is 52.0 Å². The van der Waals surface area contributed by atoms with Crippen molar-refractivity contribution in [1.82, 2.24) is 9.88 Å². The van der Waals surface area contributed by atoms with E-state index in [1.165, 1.54) is 23.5 Å². The first-order chi connectivity index (χ1) is 10.9. The van der Waals surface area contributed by atoms with Gasteiger partial charge in [0.25, 0.3) is 5.91 Å². The van der Waals surface area contributed by atoms with E-state index in [0.29, 0.717) is 31.0 Å². The van der Waals surface area contributed by atoms with Gasteiger partial charge in [-0.05, 0) is 17.7 Å². The first-order valence-corrected chi connectivity index (χ1v) is 7.85. The number of thiazole rings is 1. The lowest BCUT2D eigenvalue weighted by Gasteiger charge is -2.33. The summed E-state index contributed by atoms with van der Waals surface area (Å²) in [5, 5.41) is 1.67. The summed E-state index contributed by atoms with van der Waals surface area (Å²) >= 11 is 1.34. The van der Waals surface area contributed by atoms with Crippen molar-refractivity contribution in [2.24, 2.45) is 0 Å². The molecule has 1 aliphatic rings. The highest BCUT2D eigenvalue weighted by Crippen LogP contribution is 2.31. The minimum absolute atomic E-state index is 0.188. The number of ether oxygens (including phenoxy) is 1. The van der Waals surface area contributed by atoms with E-state index in [-0.39, 0.29) is 5.91 Å². The minimum Gasteiger partial charge on any atom is -0.370 e. The van der Waals surface area contributed by atoms with Crippen molar-refractivity contribution in [2.75, 3.05) is 19.7 Å². The fourth-order valence-electron chi connectivity index (χ4n) is 2.40. The van der Waals surface area contributed by atoms with Crippen LogP contribution < -0.4 is 0 Å². The fraction of sp³-hybridized carbons (Fsp3) is 0.333. The van der Waals surface area contributed by atoms with Crippen molar-refractivity contribution in [3.8, 4) is 0 Å². The summed E-state index contributed by atoms with van der Waals surface area (Å²) in [6.45, 7) is 1.07. The van der Waals surface area contributed by atoms with E-state index in [4.69, 9.17) is 4.74 Å². The van der Waals surface area contributed by atoms with E-state index in [1.54, 1.807) is 15.8 Å². The third kappa shape index (κ3) is 3.53. The van der Waals surface area contributed by atoms with Crippen molar-refractivity contribution >= 4 is 17.2 Å². The molecule has 23 heavy (non-hydrogen) atoms. The number of aromatic nitrogens is 1. The SMILES string of the molecule is O=C(c1cscn1)N1CCO[C@@H](c2ccc(C(F)(F)F)cc2)C1. The summed E-state index contributed by atoms with van der Waals surface area (Å²) in [6, 6.07) is 4.84. The van der Waals surface area contributed by atoms with Gasteiger partial charge in [-0.3, -0.25) is 4.79 Å². The van der Waals surface area contributed by atoms with Crippen LogP contribution in [0, 0.1) is 0 Å². The van der Waals surface area contributed by atoms with E-state index in [1.807, 2.05) is 0 Å². The number of benzene rings is 1. The zero-order valence-electron chi connectivity index (χ0n) is 11.9. The monoisotopic (exact) mass is 342 g/mol. The average Bonchev–Trinajstić information content (AvgIpc) is 3.08. The maximum absolute atomic E-state index is 12.6. The number of morpholine rings is 1. The molecule has 0 saturated carbocycles. The van der Waals surface area contributed by atoms with Gasteiger partial charge in [-0.1, -0.05) is 12.1 Å². The molecule has 0 unspecified atom stereocenters. The Morgan fingerprint density at radius 1 is 1.30 bits per heavy atom. The summed E-state index contributed by atoms with van der Waals surface area (Å²) < 4.78 is 43.4. The molecule has 2 aromatic rings. The number of hydrogen-bond donors (Lipinski definition) is 0. The van der Waals surface area contributed by atoms with Gasteiger partial charge in [0.2, 0.25) is 0 Å². The van der Waals surface area contributed by atoms with Crippen LogP contribution in [-0.2, 0) is 10.9 Å². The number of carbonyl (C=O) groups is 1. The predicted molar refractivity (Wildman–Crippen MR) is 78.2 cm³/mol. The summed E-state index contributed by atoms with van der Waals surface area (Å²) in [4.78, 5) is 17.9. The number of amides is 1. The normalized spacial score (nSPS) is 18.9. The van der Waals surface area contributed by atoms with Crippen LogP contribution in [0.5, 0.6) is 0 Å². The molecule has 0 aliphatic carbocycles. The van der Waals surface area contributed by atoms with E-state index >= 15 is 0 Å². The largest absolute Gasteiger partial charge is 0.416 e. The van der Waals surface area contributed by atoms with Gasteiger partial charge in [-0.15, -0.1) is 11.3 Å². The van der Waals surface area contributed by atoms with Gasteiger partial charge in [-0.25, -0.2) is 4.98 Å². The minimum atomic E-state index is -4.36. The lowest BCUT2D eigenvalue weighted by Crippen LogP contribution is -2.42. The molecule has 1 aromatic carbocycles. The Morgan fingerprint density at radius 3 is 2.65 bits per heavy atom. The summed E-state index contributed by atoms with van der Waals surface area (Å²) in [6.07, 6.45) is -4.80. The van der Waals surface area contributed by atoms with Crippen LogP contribution in [-0.4, -0.2) is 35.5 Å². The van der Waals surface area contributed by atoms with Crippen LogP contribution in [0.3, 0.4) is 0 Å². The maximum Gasteiger partial charge on any atom is 0.416 e. The van der Waals surface area contributed by atoms with E-state index < -0.39 is 17.8 Å². The predicted octanol–water partition coefficient (Wildman–Crippen LogP) is 3.38. The molecular weight excluding hydrogens is 329 g/mol. The van der Waals surface area contributed by atoms with Gasteiger partial charge in [-0.2, -0.15) is 13.2 Å². The number of rotatable bonds is 2. The van der Waals surface area contributed by atoms with Gasteiger partial charge in [0.05, 0.1) is 24.2 Å². The van der Waals surface area contributed by atoms with Crippen LogP contribution in [0.4, 0.5) is 13.2 Å². The second-order valence-corrected chi connectivity index (χ2v) is 5.82. The quantitative estimate of drug-likeness (QED) is 0.840. The summed E-state index contributed by atoms with van der Waals surface area (Å²) in [5.74, 6) is -0.188. The average molecular weight is 342 g/mol. The highest BCUT2D eigenvalue weighted by atomic mass is 32.1. The van der Waals surface area contributed by atoms with Crippen LogP contribution >= 0.6 is 11.3 Å². The number of alkyl halides is 3. The van der Waals surface area contributed by atoms with Crippen molar-refractivity contribution in [2.45, 2.75) is 12.3 Å². The molecule has 4 nitrogen and oxygen atoms in total. The molecule has 122 valence electrons. The number of nitrogens with zero attached hydrogens (tertiary/aromatic N) is 2. The van der Waals surface area contributed by atoms with E-state index in [9.17, 15) is 18.0 Å². The molecule has 0 spiro atoms. The van der Waals surface area contributed by atoms with Crippen LogP contribution in [0.25, 0.3) is 0 Å². The lowest BCUT2D eigenvalue weighted by atomic mass is 10.0. The molecule has 8 heteroatoms. The molecule has 1 amide bonds. The molecule has 0 N–H and O–H groups in total. The smallest absolute Gasteiger partial charge is 0.370 e. The van der Waals surface area contributed by atoms with Gasteiger partial charge in [0.15, 0.2) is 0 Å². The standard InChI is InChI=1S/C15H13F3N2O2S/c16-15(17,18)11-3-1-10(2-4-11)13-7-20(5-6-22-13)14(21)12-8-23-9-19-12/h1-4,8-9,13H,5-7H2/t13-/m1/s1. The Balaban J connectivity index is 1.72. The zero-order valence-corrected chi connectivity index (χ0v) is 12.7. The van der Waals surface area contributed by atoms with E-state index in [0.717, 1.165) is 12.1 Å². The summed E-state index contributed by atoms with van der Waals surface area (Å²) in [5.41, 5.74) is 1.88. The van der Waals surface area contributed by atoms with Gasteiger partial charge in [0.1, 0.15) is 11.8 Å². The van der Waals surface area contributed by atoms with Crippen LogP contribution in [0.15, 0.2) is 35.2 Å². The molecule has 1 aliphatic heterocycles. The molecule has 0 bridgehead atoms. The Kier molecular flexibility index (Phi) is 4.36. The molecule has 1 atom stereocenters. The topological polar surface area (TPSA) is 42.4 Å². The maximum atomic E-state index is 12.6. The van der Waals surface area contributed by atoms with Gasteiger partial charge < -0.3 is 9.64 Å². The van der Waals surface area contributed by atoms with Gasteiger partial charge >= 0.3 is 6.18 Å². The number of halogens is 3. The fourth-order valence-corrected chi connectivity index (χ4v) is 2.93. The Bertz CT molecular complexity index is 671. The lowest BCUT2D eigenvalue weighted by molar-refractivity contribution is -0.137. The van der Waals surface area contributed by atoms with Crippen LogP contribution in [0.2, 0.25) is 0 Å². The van der Waals surface area contributed by atoms with Crippen molar-refractivity contribution in [1.29, 1.82) is 0 Å². The molecule has 2 heterocycles. The van der Waals surface area contributed by atoms with Gasteiger partial charge in [0, 0.05) is 11.9 Å². The molecule has 0 radical (unpaired) electrons. The first kappa shape index (κ1) is 15.9. The second-order valence-electron chi connectivity index (χ2n) is 5.10. The third-order valence-electron chi connectivity index (χ3n) is 3.61. The third-order valence-corrected chi connectivity index (χ3v) is 4.20. The molecule has 1 fully saturated rings. The molecule has 3 rings (SSSR count). The summed E-state index contributed by atoms with van der Waals surface area (Å²) in [7, 11) is 0. The Labute approximate surface area is 134 Å². The van der Waals surface area contributed by atoms with Crippen LogP contribution in [0.1, 0.15) is 27.7 Å². The first-order valence-electron chi connectivity index (χ1n) is 6.91. The highest BCUT2D eigenvalue weighted by Gasteiger charge is 2.31. The van der Waals surface area contributed by atoms with Crippen molar-refractivity contribution in [3.63, 3.8) is 0 Å².